The lowest BCUT2D eigenvalue weighted by atomic mass is 10.0. The van der Waals surface area contributed by atoms with Crippen LogP contribution in [0.25, 0.3) is 0 Å². The maximum Gasteiger partial charge on any atom is 0.338 e. The number of carbonyl (C=O) groups excluding carboxylic acids is 1. The Morgan fingerprint density at radius 3 is 2.62 bits per heavy atom. The highest BCUT2D eigenvalue weighted by atomic mass is 32.1. The Morgan fingerprint density at radius 1 is 1.19 bits per heavy atom. The van der Waals surface area contributed by atoms with E-state index in [0.717, 1.165) is 5.56 Å². The molecule has 0 aliphatic carbocycles. The van der Waals surface area contributed by atoms with Gasteiger partial charge in [0.15, 0.2) is 0 Å². The molecule has 0 aliphatic rings. The summed E-state index contributed by atoms with van der Waals surface area (Å²) in [5.41, 5.74) is 1.88. The van der Waals surface area contributed by atoms with Crippen LogP contribution in [0.1, 0.15) is 35.7 Å². The lowest BCUT2D eigenvalue weighted by Crippen LogP contribution is -2.20. The molecule has 1 aromatic heterocycles. The van der Waals surface area contributed by atoms with Crippen molar-refractivity contribution >= 4 is 34.0 Å². The van der Waals surface area contributed by atoms with Crippen LogP contribution in [-0.2, 0) is 0 Å². The van der Waals surface area contributed by atoms with Gasteiger partial charge < -0.3 is 10.4 Å². The van der Waals surface area contributed by atoms with Crippen molar-refractivity contribution in [3.63, 3.8) is 0 Å². The molecule has 21 heavy (non-hydrogen) atoms. The maximum absolute atomic E-state index is 11.9. The van der Waals surface area contributed by atoms with Crippen LogP contribution in [0.4, 0.5) is 15.5 Å². The summed E-state index contributed by atoms with van der Waals surface area (Å²) in [5, 5.41) is 16.2. The van der Waals surface area contributed by atoms with Crippen molar-refractivity contribution in [1.82, 2.24) is 0 Å². The van der Waals surface area contributed by atoms with Crippen LogP contribution in [0.3, 0.4) is 0 Å². The fraction of sp³-hybridized carbons (Fsp3) is 0.200. The largest absolute Gasteiger partial charge is 0.478 e. The van der Waals surface area contributed by atoms with Crippen LogP contribution in [-0.4, -0.2) is 17.1 Å². The van der Waals surface area contributed by atoms with Crippen molar-refractivity contribution in [1.29, 1.82) is 0 Å². The van der Waals surface area contributed by atoms with Crippen molar-refractivity contribution in [3.8, 4) is 0 Å². The van der Waals surface area contributed by atoms with Crippen LogP contribution < -0.4 is 10.6 Å². The van der Waals surface area contributed by atoms with Gasteiger partial charge in [0.1, 0.15) is 5.00 Å². The Kier molecular flexibility index (Phi) is 4.59. The molecule has 0 unspecified atom stereocenters. The first-order chi connectivity index (χ1) is 9.97. The third kappa shape index (κ3) is 3.82. The number of anilines is 2. The zero-order valence-corrected chi connectivity index (χ0v) is 12.5. The van der Waals surface area contributed by atoms with Gasteiger partial charge in [-0.05, 0) is 35.1 Å². The second kappa shape index (κ2) is 6.41. The first kappa shape index (κ1) is 15.1. The minimum Gasteiger partial charge on any atom is -0.478 e. The van der Waals surface area contributed by atoms with Gasteiger partial charge in [0.25, 0.3) is 0 Å². The van der Waals surface area contributed by atoms with E-state index < -0.39 is 12.0 Å². The second-order valence-electron chi connectivity index (χ2n) is 4.83. The van der Waals surface area contributed by atoms with Gasteiger partial charge in [0, 0.05) is 5.69 Å². The van der Waals surface area contributed by atoms with E-state index in [9.17, 15) is 9.59 Å². The van der Waals surface area contributed by atoms with Gasteiger partial charge in [-0.1, -0.05) is 26.0 Å². The van der Waals surface area contributed by atoms with Crippen LogP contribution in [0, 0.1) is 0 Å². The van der Waals surface area contributed by atoms with Gasteiger partial charge in [-0.25, -0.2) is 9.59 Å². The monoisotopic (exact) mass is 304 g/mol. The molecule has 0 saturated carbocycles. The minimum absolute atomic E-state index is 0.0890. The van der Waals surface area contributed by atoms with Gasteiger partial charge >= 0.3 is 12.0 Å². The molecule has 0 fully saturated rings. The summed E-state index contributed by atoms with van der Waals surface area (Å²) in [5.74, 6) is -0.695. The quantitative estimate of drug-likeness (QED) is 0.791. The SMILES string of the molecule is CC(C)c1cccc(NC(=O)Nc2sccc2C(=O)O)c1. The van der Waals surface area contributed by atoms with Gasteiger partial charge in [0.2, 0.25) is 0 Å². The third-order valence-corrected chi connectivity index (χ3v) is 3.76. The van der Waals surface area contributed by atoms with E-state index in [4.69, 9.17) is 5.11 Å². The predicted molar refractivity (Wildman–Crippen MR) is 84.5 cm³/mol. The molecule has 2 aromatic rings. The smallest absolute Gasteiger partial charge is 0.338 e. The van der Waals surface area contributed by atoms with E-state index in [2.05, 4.69) is 24.5 Å². The number of carboxylic acids is 1. The topological polar surface area (TPSA) is 78.4 Å². The standard InChI is InChI=1S/C15H16N2O3S/c1-9(2)10-4-3-5-11(8-10)16-15(20)17-13-12(14(18)19)6-7-21-13/h3-9H,1-2H3,(H,18,19)(H2,16,17,20). The van der Waals surface area contributed by atoms with Gasteiger partial charge in [-0.2, -0.15) is 0 Å². The Labute approximate surface area is 126 Å². The third-order valence-electron chi connectivity index (χ3n) is 2.93. The van der Waals surface area contributed by atoms with Crippen LogP contribution in [0.2, 0.25) is 0 Å². The number of rotatable bonds is 4. The average molecular weight is 304 g/mol. The minimum atomic E-state index is -1.06. The normalized spacial score (nSPS) is 10.4. The number of hydrogen-bond donors (Lipinski definition) is 3. The number of nitrogens with one attached hydrogen (secondary N) is 2. The average Bonchev–Trinajstić information content (AvgIpc) is 2.87. The molecule has 2 rings (SSSR count). The van der Waals surface area contributed by atoms with Crippen molar-refractivity contribution in [2.75, 3.05) is 10.6 Å². The summed E-state index contributed by atoms with van der Waals surface area (Å²) in [6, 6.07) is 8.56. The molecule has 0 aliphatic heterocycles. The molecular formula is C15H16N2O3S. The van der Waals surface area contributed by atoms with Crippen LogP contribution >= 0.6 is 11.3 Å². The molecule has 6 heteroatoms. The number of amides is 2. The molecule has 2 amide bonds. The van der Waals surface area contributed by atoms with Gasteiger partial charge in [0.05, 0.1) is 5.56 Å². The van der Waals surface area contributed by atoms with E-state index in [1.807, 2.05) is 18.2 Å². The van der Waals surface area contributed by atoms with Gasteiger partial charge in [-0.3, -0.25) is 5.32 Å². The van der Waals surface area contributed by atoms with Crippen LogP contribution in [0.15, 0.2) is 35.7 Å². The van der Waals surface area contributed by atoms with Crippen molar-refractivity contribution in [3.05, 3.63) is 46.8 Å². The lowest BCUT2D eigenvalue weighted by molar-refractivity contribution is 0.0698. The number of urea groups is 1. The molecule has 0 atom stereocenters. The first-order valence-electron chi connectivity index (χ1n) is 6.46. The molecule has 0 saturated heterocycles. The van der Waals surface area contributed by atoms with Crippen molar-refractivity contribution in [2.24, 2.45) is 0 Å². The number of carbonyl (C=O) groups is 2. The fourth-order valence-corrected chi connectivity index (χ4v) is 2.59. The molecule has 0 spiro atoms. The van der Waals surface area contributed by atoms with Crippen molar-refractivity contribution < 1.29 is 14.7 Å². The number of aromatic carboxylic acids is 1. The highest BCUT2D eigenvalue weighted by molar-refractivity contribution is 7.14. The molecule has 1 aromatic carbocycles. The van der Waals surface area contributed by atoms with Crippen molar-refractivity contribution in [2.45, 2.75) is 19.8 Å². The summed E-state index contributed by atoms with van der Waals surface area (Å²) in [4.78, 5) is 22.9. The summed E-state index contributed by atoms with van der Waals surface area (Å²) in [7, 11) is 0. The van der Waals surface area contributed by atoms with E-state index in [0.29, 0.717) is 16.6 Å². The van der Waals surface area contributed by atoms with E-state index in [1.165, 1.54) is 17.4 Å². The molecule has 0 radical (unpaired) electrons. The summed E-state index contributed by atoms with van der Waals surface area (Å²) < 4.78 is 0. The number of hydrogen-bond acceptors (Lipinski definition) is 3. The predicted octanol–water partition coefficient (Wildman–Crippen LogP) is 4.21. The number of thiophene rings is 1. The molecular weight excluding hydrogens is 288 g/mol. The maximum atomic E-state index is 11.9. The first-order valence-corrected chi connectivity index (χ1v) is 7.34. The second-order valence-corrected chi connectivity index (χ2v) is 5.74. The Bertz CT molecular complexity index is 664. The Balaban J connectivity index is 2.06. The zero-order valence-electron chi connectivity index (χ0n) is 11.7. The molecule has 5 nitrogen and oxygen atoms in total. The summed E-state index contributed by atoms with van der Waals surface area (Å²) >= 11 is 1.17. The van der Waals surface area contributed by atoms with E-state index >= 15 is 0 Å². The Morgan fingerprint density at radius 2 is 1.95 bits per heavy atom. The van der Waals surface area contributed by atoms with E-state index in [-0.39, 0.29) is 5.56 Å². The lowest BCUT2D eigenvalue weighted by Gasteiger charge is -2.10. The Hall–Kier alpha value is -2.34. The molecule has 110 valence electrons. The summed E-state index contributed by atoms with van der Waals surface area (Å²) in [6.07, 6.45) is 0. The van der Waals surface area contributed by atoms with Crippen LogP contribution in [0.5, 0.6) is 0 Å². The zero-order chi connectivity index (χ0) is 15.4. The fourth-order valence-electron chi connectivity index (χ4n) is 1.82. The summed E-state index contributed by atoms with van der Waals surface area (Å²) in [6.45, 7) is 4.15. The number of benzene rings is 1. The van der Waals surface area contributed by atoms with E-state index in [1.54, 1.807) is 11.4 Å². The highest BCUT2D eigenvalue weighted by Crippen LogP contribution is 2.24. The molecule has 0 bridgehead atoms. The molecule has 1 heterocycles. The molecule has 3 N–H and O–H groups in total. The highest BCUT2D eigenvalue weighted by Gasteiger charge is 2.14. The number of carboxylic acid groups (broad SMARTS) is 1. The van der Waals surface area contributed by atoms with Gasteiger partial charge in [-0.15, -0.1) is 11.3 Å².